The summed E-state index contributed by atoms with van der Waals surface area (Å²) in [7, 11) is -2.24. The van der Waals surface area contributed by atoms with Crippen LogP contribution in [0.2, 0.25) is 5.02 Å². The fourth-order valence-electron chi connectivity index (χ4n) is 1.62. The van der Waals surface area contributed by atoms with E-state index < -0.39 is 15.8 Å². The van der Waals surface area contributed by atoms with Crippen molar-refractivity contribution in [3.8, 4) is 0 Å². The topological polar surface area (TPSA) is 86.9 Å². The number of halogens is 2. The van der Waals surface area contributed by atoms with Crippen molar-refractivity contribution < 1.29 is 12.8 Å². The van der Waals surface area contributed by atoms with E-state index >= 15 is 0 Å². The fraction of sp³-hybridized carbons (Fsp3) is 0.182. The highest BCUT2D eigenvalue weighted by molar-refractivity contribution is 7.92. The Hall–Kier alpha value is -1.64. The van der Waals surface area contributed by atoms with Gasteiger partial charge in [0.1, 0.15) is 5.82 Å². The van der Waals surface area contributed by atoms with Gasteiger partial charge < -0.3 is 5.32 Å². The quantitative estimate of drug-likeness (QED) is 0.783. The Morgan fingerprint density at radius 1 is 1.45 bits per heavy atom. The van der Waals surface area contributed by atoms with Gasteiger partial charge in [-0.3, -0.25) is 9.82 Å². The van der Waals surface area contributed by atoms with Crippen molar-refractivity contribution in [2.24, 2.45) is 0 Å². The van der Waals surface area contributed by atoms with E-state index in [1.54, 1.807) is 7.05 Å². The van der Waals surface area contributed by atoms with Crippen LogP contribution >= 0.6 is 11.6 Å². The van der Waals surface area contributed by atoms with Crippen LogP contribution in [-0.4, -0.2) is 25.7 Å². The second kappa shape index (κ2) is 5.78. The highest BCUT2D eigenvalue weighted by Crippen LogP contribution is 2.25. The molecule has 0 atom stereocenters. The van der Waals surface area contributed by atoms with Crippen LogP contribution < -0.4 is 10.0 Å². The second-order valence-electron chi connectivity index (χ2n) is 3.98. The first-order valence-corrected chi connectivity index (χ1v) is 7.45. The lowest BCUT2D eigenvalue weighted by molar-refractivity contribution is 0.595. The van der Waals surface area contributed by atoms with Crippen LogP contribution in [-0.2, 0) is 16.6 Å². The fourth-order valence-corrected chi connectivity index (χ4v) is 3.04. The SMILES string of the molecule is CNCc1cn[nH]c1S(=O)(=O)Nc1cc(F)ccc1Cl. The molecule has 0 saturated carbocycles. The summed E-state index contributed by atoms with van der Waals surface area (Å²) in [5.74, 6) is -0.591. The maximum atomic E-state index is 13.1. The third kappa shape index (κ3) is 3.09. The minimum atomic E-state index is -3.92. The molecule has 0 bridgehead atoms. The lowest BCUT2D eigenvalue weighted by Crippen LogP contribution is -2.17. The van der Waals surface area contributed by atoms with Crippen LogP contribution in [0.4, 0.5) is 10.1 Å². The Balaban J connectivity index is 2.36. The van der Waals surface area contributed by atoms with Gasteiger partial charge >= 0.3 is 0 Å². The number of nitrogens with zero attached hydrogens (tertiary/aromatic N) is 1. The summed E-state index contributed by atoms with van der Waals surface area (Å²) >= 11 is 5.83. The summed E-state index contributed by atoms with van der Waals surface area (Å²) in [6.45, 7) is 0.323. The van der Waals surface area contributed by atoms with E-state index in [9.17, 15) is 12.8 Å². The third-order valence-corrected chi connectivity index (χ3v) is 4.20. The zero-order valence-electron chi connectivity index (χ0n) is 10.4. The van der Waals surface area contributed by atoms with Gasteiger partial charge in [0.05, 0.1) is 16.9 Å². The van der Waals surface area contributed by atoms with E-state index in [0.717, 1.165) is 12.1 Å². The lowest BCUT2D eigenvalue weighted by atomic mass is 10.3. The number of sulfonamides is 1. The molecule has 0 aliphatic carbocycles. The van der Waals surface area contributed by atoms with Crippen molar-refractivity contribution >= 4 is 27.3 Å². The monoisotopic (exact) mass is 318 g/mol. The molecule has 3 N–H and O–H groups in total. The number of benzene rings is 1. The van der Waals surface area contributed by atoms with E-state index in [2.05, 4.69) is 20.2 Å². The van der Waals surface area contributed by atoms with Crippen molar-refractivity contribution in [2.75, 3.05) is 11.8 Å². The van der Waals surface area contributed by atoms with E-state index in [1.807, 2.05) is 0 Å². The predicted molar refractivity (Wildman–Crippen MR) is 73.6 cm³/mol. The molecular formula is C11H12ClFN4O2S. The van der Waals surface area contributed by atoms with E-state index in [4.69, 9.17) is 11.6 Å². The highest BCUT2D eigenvalue weighted by atomic mass is 35.5. The van der Waals surface area contributed by atoms with Crippen LogP contribution in [0.5, 0.6) is 0 Å². The van der Waals surface area contributed by atoms with Gasteiger partial charge in [-0.2, -0.15) is 13.5 Å². The van der Waals surface area contributed by atoms with Crippen LogP contribution in [0.25, 0.3) is 0 Å². The average Bonchev–Trinajstić information content (AvgIpc) is 2.83. The Bertz CT molecular complexity index is 717. The molecule has 0 unspecified atom stereocenters. The molecule has 1 aromatic carbocycles. The zero-order valence-corrected chi connectivity index (χ0v) is 12.0. The molecule has 1 heterocycles. The molecule has 0 saturated heterocycles. The number of anilines is 1. The van der Waals surface area contributed by atoms with E-state index in [-0.39, 0.29) is 15.7 Å². The number of H-pyrrole nitrogens is 1. The number of nitrogens with one attached hydrogen (secondary N) is 3. The first-order valence-electron chi connectivity index (χ1n) is 5.59. The smallest absolute Gasteiger partial charge is 0.279 e. The summed E-state index contributed by atoms with van der Waals surface area (Å²) in [6, 6.07) is 3.42. The molecule has 2 aromatic rings. The highest BCUT2D eigenvalue weighted by Gasteiger charge is 2.21. The molecule has 0 spiro atoms. The van der Waals surface area contributed by atoms with Crippen LogP contribution in [0.1, 0.15) is 5.56 Å². The molecule has 9 heteroatoms. The van der Waals surface area contributed by atoms with Crippen molar-refractivity contribution in [2.45, 2.75) is 11.6 Å². The molecule has 6 nitrogen and oxygen atoms in total. The Morgan fingerprint density at radius 3 is 2.90 bits per heavy atom. The maximum absolute atomic E-state index is 13.1. The number of aromatic nitrogens is 2. The summed E-state index contributed by atoms with van der Waals surface area (Å²) in [5, 5.41) is 8.94. The van der Waals surface area contributed by atoms with Gasteiger partial charge in [-0.15, -0.1) is 0 Å². The zero-order chi connectivity index (χ0) is 14.8. The van der Waals surface area contributed by atoms with Crippen LogP contribution in [0, 0.1) is 5.82 Å². The molecule has 0 radical (unpaired) electrons. The van der Waals surface area contributed by atoms with Gasteiger partial charge in [-0.25, -0.2) is 4.39 Å². The van der Waals surface area contributed by atoms with E-state index in [1.165, 1.54) is 12.3 Å². The summed E-state index contributed by atoms with van der Waals surface area (Å²) in [5.41, 5.74) is 0.434. The van der Waals surface area contributed by atoms with Gasteiger partial charge in [-0.05, 0) is 25.2 Å². The van der Waals surface area contributed by atoms with Crippen LogP contribution in [0.3, 0.4) is 0 Å². The maximum Gasteiger partial charge on any atom is 0.279 e. The predicted octanol–water partition coefficient (Wildman–Crippen LogP) is 1.72. The van der Waals surface area contributed by atoms with Gasteiger partial charge in [-0.1, -0.05) is 11.6 Å². The Morgan fingerprint density at radius 2 is 2.20 bits per heavy atom. The van der Waals surface area contributed by atoms with Gasteiger partial charge in [0.2, 0.25) is 0 Å². The normalized spacial score (nSPS) is 11.6. The van der Waals surface area contributed by atoms with Gasteiger partial charge in [0.15, 0.2) is 5.03 Å². The number of hydrogen-bond acceptors (Lipinski definition) is 4. The van der Waals surface area contributed by atoms with Crippen molar-refractivity contribution in [1.29, 1.82) is 0 Å². The van der Waals surface area contributed by atoms with Crippen molar-refractivity contribution in [3.63, 3.8) is 0 Å². The first-order chi connectivity index (χ1) is 9.44. The summed E-state index contributed by atoms with van der Waals surface area (Å²) in [4.78, 5) is 0. The number of hydrogen-bond donors (Lipinski definition) is 3. The minimum Gasteiger partial charge on any atom is -0.316 e. The molecule has 1 aromatic heterocycles. The minimum absolute atomic E-state index is 0.0309. The summed E-state index contributed by atoms with van der Waals surface area (Å²) in [6.07, 6.45) is 1.40. The molecule has 20 heavy (non-hydrogen) atoms. The Labute approximate surface area is 120 Å². The van der Waals surface area contributed by atoms with E-state index in [0.29, 0.717) is 12.1 Å². The number of rotatable bonds is 5. The van der Waals surface area contributed by atoms with Crippen molar-refractivity contribution in [3.05, 3.63) is 40.8 Å². The molecule has 2 rings (SSSR count). The molecule has 0 aliphatic heterocycles. The standard InChI is InChI=1S/C11H12ClFN4O2S/c1-14-5-7-6-15-16-11(7)20(18,19)17-10-4-8(13)2-3-9(10)12/h2-4,6,14,17H,5H2,1H3,(H,15,16). The number of aromatic amines is 1. The second-order valence-corrected chi connectivity index (χ2v) is 6.01. The first kappa shape index (κ1) is 14.8. The largest absolute Gasteiger partial charge is 0.316 e. The summed E-state index contributed by atoms with van der Waals surface area (Å²) < 4.78 is 39.8. The molecule has 0 amide bonds. The molecule has 0 aliphatic rings. The lowest BCUT2D eigenvalue weighted by Gasteiger charge is -2.09. The molecular weight excluding hydrogens is 307 g/mol. The molecule has 0 fully saturated rings. The van der Waals surface area contributed by atoms with Gasteiger partial charge in [0.25, 0.3) is 10.0 Å². The molecule has 108 valence electrons. The van der Waals surface area contributed by atoms with Gasteiger partial charge in [0, 0.05) is 12.1 Å². The van der Waals surface area contributed by atoms with Crippen LogP contribution in [0.15, 0.2) is 29.4 Å². The average molecular weight is 319 g/mol. The van der Waals surface area contributed by atoms with Crippen molar-refractivity contribution in [1.82, 2.24) is 15.5 Å². The Kier molecular flexibility index (Phi) is 4.26. The third-order valence-electron chi connectivity index (χ3n) is 2.49.